The maximum Gasteiger partial charge on any atom is 0.266 e. The number of fused-ring (bicyclic) bond motifs is 1. The van der Waals surface area contributed by atoms with E-state index < -0.39 is 5.91 Å². The van der Waals surface area contributed by atoms with E-state index in [-0.39, 0.29) is 12.5 Å². The van der Waals surface area contributed by atoms with E-state index in [0.29, 0.717) is 22.1 Å². The standard InChI is InChI=1S/C18H18N4O3S/c1-9-15-10(2)20-11(3)21-18(15)26-16(9)17(24)22-12-4-6-13(7-5-12)25-8-14(19)23/h4-7H,8H2,1-3H3,(H2,19,23)(H,22,24). The fourth-order valence-corrected chi connectivity index (χ4v) is 3.84. The molecular formula is C18H18N4O3S. The third-order valence-electron chi connectivity index (χ3n) is 3.78. The van der Waals surface area contributed by atoms with Crippen LogP contribution in [0.1, 0.15) is 26.8 Å². The van der Waals surface area contributed by atoms with E-state index in [0.717, 1.165) is 21.5 Å². The van der Waals surface area contributed by atoms with Crippen molar-refractivity contribution in [2.75, 3.05) is 11.9 Å². The number of carbonyl (C=O) groups is 2. The third kappa shape index (κ3) is 3.65. The zero-order valence-corrected chi connectivity index (χ0v) is 15.4. The molecule has 7 nitrogen and oxygen atoms in total. The topological polar surface area (TPSA) is 107 Å². The van der Waals surface area contributed by atoms with Crippen molar-refractivity contribution < 1.29 is 14.3 Å². The number of carbonyl (C=O) groups excluding carboxylic acids is 2. The molecule has 2 amide bonds. The lowest BCUT2D eigenvalue weighted by Gasteiger charge is -2.07. The molecule has 0 radical (unpaired) electrons. The minimum atomic E-state index is -0.545. The quantitative estimate of drug-likeness (QED) is 0.718. The van der Waals surface area contributed by atoms with Gasteiger partial charge in [-0.25, -0.2) is 9.97 Å². The van der Waals surface area contributed by atoms with Gasteiger partial charge >= 0.3 is 0 Å². The van der Waals surface area contributed by atoms with Gasteiger partial charge in [0.15, 0.2) is 6.61 Å². The van der Waals surface area contributed by atoms with Gasteiger partial charge in [-0.2, -0.15) is 0 Å². The number of hydrogen-bond acceptors (Lipinski definition) is 6. The van der Waals surface area contributed by atoms with Gasteiger partial charge in [0, 0.05) is 16.8 Å². The van der Waals surface area contributed by atoms with E-state index in [1.165, 1.54) is 11.3 Å². The number of nitrogens with zero attached hydrogens (tertiary/aromatic N) is 2. The van der Waals surface area contributed by atoms with Crippen LogP contribution in [0.25, 0.3) is 10.2 Å². The molecule has 1 aromatic carbocycles. The van der Waals surface area contributed by atoms with Crippen LogP contribution in [0, 0.1) is 20.8 Å². The summed E-state index contributed by atoms with van der Waals surface area (Å²) in [6.45, 7) is 5.47. The zero-order valence-electron chi connectivity index (χ0n) is 14.6. The molecule has 0 saturated carbocycles. The molecule has 0 atom stereocenters. The first-order valence-corrected chi connectivity index (χ1v) is 8.73. The minimum Gasteiger partial charge on any atom is -0.484 e. The van der Waals surface area contributed by atoms with Gasteiger partial charge in [-0.05, 0) is 50.6 Å². The van der Waals surface area contributed by atoms with E-state index >= 15 is 0 Å². The zero-order chi connectivity index (χ0) is 18.8. The van der Waals surface area contributed by atoms with Gasteiger partial charge < -0.3 is 15.8 Å². The summed E-state index contributed by atoms with van der Waals surface area (Å²) in [5, 5.41) is 3.79. The Morgan fingerprint density at radius 2 is 1.85 bits per heavy atom. The molecule has 3 aromatic rings. The van der Waals surface area contributed by atoms with Gasteiger partial charge in [-0.3, -0.25) is 9.59 Å². The minimum absolute atomic E-state index is 0.188. The normalized spacial score (nSPS) is 10.7. The van der Waals surface area contributed by atoms with Crippen LogP contribution in [0.5, 0.6) is 5.75 Å². The second kappa shape index (κ2) is 7.09. The van der Waals surface area contributed by atoms with Crippen LogP contribution in [0.3, 0.4) is 0 Å². The van der Waals surface area contributed by atoms with Crippen molar-refractivity contribution in [2.45, 2.75) is 20.8 Å². The lowest BCUT2D eigenvalue weighted by atomic mass is 10.1. The Morgan fingerprint density at radius 1 is 1.15 bits per heavy atom. The van der Waals surface area contributed by atoms with Crippen LogP contribution in [0.15, 0.2) is 24.3 Å². The number of anilines is 1. The Labute approximate surface area is 154 Å². The monoisotopic (exact) mass is 370 g/mol. The molecule has 0 aliphatic carbocycles. The van der Waals surface area contributed by atoms with Crippen LogP contribution in [-0.4, -0.2) is 28.4 Å². The molecule has 0 aliphatic rings. The number of aryl methyl sites for hydroxylation is 3. The largest absolute Gasteiger partial charge is 0.484 e. The van der Waals surface area contributed by atoms with Crippen molar-refractivity contribution in [1.82, 2.24) is 9.97 Å². The summed E-state index contributed by atoms with van der Waals surface area (Å²) in [6.07, 6.45) is 0. The number of nitrogens with two attached hydrogens (primary N) is 1. The second-order valence-corrected chi connectivity index (χ2v) is 6.83. The Bertz CT molecular complexity index is 996. The predicted molar refractivity (Wildman–Crippen MR) is 101 cm³/mol. The molecular weight excluding hydrogens is 352 g/mol. The summed E-state index contributed by atoms with van der Waals surface area (Å²) in [5.74, 6) is 0.445. The van der Waals surface area contributed by atoms with Crippen LogP contribution in [0.4, 0.5) is 5.69 Å². The molecule has 0 unspecified atom stereocenters. The number of primary amides is 1. The molecule has 2 heterocycles. The van der Waals surface area contributed by atoms with Gasteiger partial charge in [0.25, 0.3) is 11.8 Å². The number of amides is 2. The number of hydrogen-bond donors (Lipinski definition) is 2. The fraction of sp³-hybridized carbons (Fsp3) is 0.222. The molecule has 0 bridgehead atoms. The van der Waals surface area contributed by atoms with E-state index in [4.69, 9.17) is 10.5 Å². The first-order chi connectivity index (χ1) is 12.3. The highest BCUT2D eigenvalue weighted by Gasteiger charge is 2.18. The van der Waals surface area contributed by atoms with E-state index in [9.17, 15) is 9.59 Å². The third-order valence-corrected chi connectivity index (χ3v) is 4.97. The Hall–Kier alpha value is -3.00. The highest BCUT2D eigenvalue weighted by molar-refractivity contribution is 7.20. The highest BCUT2D eigenvalue weighted by Crippen LogP contribution is 2.31. The van der Waals surface area contributed by atoms with E-state index in [1.807, 2.05) is 20.8 Å². The molecule has 8 heteroatoms. The maximum atomic E-state index is 12.7. The molecule has 134 valence electrons. The summed E-state index contributed by atoms with van der Waals surface area (Å²) < 4.78 is 5.20. The van der Waals surface area contributed by atoms with Gasteiger partial charge in [0.1, 0.15) is 16.4 Å². The average molecular weight is 370 g/mol. The number of thiophene rings is 1. The van der Waals surface area contributed by atoms with Gasteiger partial charge in [0.05, 0.1) is 4.88 Å². The first-order valence-electron chi connectivity index (χ1n) is 7.92. The average Bonchev–Trinajstić information content (AvgIpc) is 2.91. The summed E-state index contributed by atoms with van der Waals surface area (Å²) >= 11 is 1.35. The van der Waals surface area contributed by atoms with Crippen molar-refractivity contribution in [2.24, 2.45) is 5.73 Å². The molecule has 0 fully saturated rings. The van der Waals surface area contributed by atoms with Crippen molar-refractivity contribution in [3.63, 3.8) is 0 Å². The van der Waals surface area contributed by atoms with Crippen molar-refractivity contribution in [1.29, 1.82) is 0 Å². The predicted octanol–water partition coefficient (Wildman–Crippen LogP) is 2.73. The molecule has 2 aromatic heterocycles. The lowest BCUT2D eigenvalue weighted by molar-refractivity contribution is -0.119. The van der Waals surface area contributed by atoms with Crippen LogP contribution in [0.2, 0.25) is 0 Å². The van der Waals surface area contributed by atoms with E-state index in [2.05, 4.69) is 15.3 Å². The molecule has 0 aliphatic heterocycles. The summed E-state index contributed by atoms with van der Waals surface area (Å²) in [6, 6.07) is 6.73. The van der Waals surface area contributed by atoms with Crippen molar-refractivity contribution in [3.8, 4) is 5.75 Å². The smallest absolute Gasteiger partial charge is 0.266 e. The second-order valence-electron chi connectivity index (χ2n) is 5.83. The molecule has 0 saturated heterocycles. The van der Waals surface area contributed by atoms with Crippen LogP contribution in [-0.2, 0) is 4.79 Å². The van der Waals surface area contributed by atoms with Gasteiger partial charge in [-0.15, -0.1) is 11.3 Å². The molecule has 3 N–H and O–H groups in total. The van der Waals surface area contributed by atoms with Gasteiger partial charge in [-0.1, -0.05) is 0 Å². The summed E-state index contributed by atoms with van der Waals surface area (Å²) in [4.78, 5) is 33.6. The SMILES string of the molecule is Cc1nc(C)c2c(C)c(C(=O)Nc3ccc(OCC(N)=O)cc3)sc2n1. The Balaban J connectivity index is 1.80. The highest BCUT2D eigenvalue weighted by atomic mass is 32.1. The summed E-state index contributed by atoms with van der Waals surface area (Å²) in [7, 11) is 0. The summed E-state index contributed by atoms with van der Waals surface area (Å²) in [5.41, 5.74) is 7.41. The first kappa shape index (κ1) is 17.8. The Morgan fingerprint density at radius 3 is 2.50 bits per heavy atom. The number of nitrogens with one attached hydrogen (secondary N) is 1. The van der Waals surface area contributed by atoms with Crippen molar-refractivity contribution >= 4 is 39.1 Å². The Kier molecular flexibility index (Phi) is 4.85. The van der Waals surface area contributed by atoms with Crippen LogP contribution < -0.4 is 15.8 Å². The number of benzene rings is 1. The maximum absolute atomic E-state index is 12.7. The molecule has 26 heavy (non-hydrogen) atoms. The molecule has 3 rings (SSSR count). The van der Waals surface area contributed by atoms with E-state index in [1.54, 1.807) is 24.3 Å². The fourth-order valence-electron chi connectivity index (χ4n) is 2.67. The van der Waals surface area contributed by atoms with Crippen molar-refractivity contribution in [3.05, 3.63) is 46.2 Å². The number of aromatic nitrogens is 2. The number of ether oxygens (including phenoxy) is 1. The molecule has 0 spiro atoms. The lowest BCUT2D eigenvalue weighted by Crippen LogP contribution is -2.20. The van der Waals surface area contributed by atoms with Gasteiger partial charge in [0.2, 0.25) is 0 Å². The number of rotatable bonds is 5. The van der Waals surface area contributed by atoms with Crippen LogP contribution >= 0.6 is 11.3 Å².